The lowest BCUT2D eigenvalue weighted by atomic mass is 10.1. The number of fused-ring (bicyclic) bond motifs is 1. The highest BCUT2D eigenvalue weighted by atomic mass is 19.1. The Hall–Kier alpha value is -2.02. The second kappa shape index (κ2) is 5.07. The molecule has 0 unspecified atom stereocenters. The van der Waals surface area contributed by atoms with E-state index in [0.29, 0.717) is 19.0 Å². The molecule has 0 spiro atoms. The smallest absolute Gasteiger partial charge is 0.327 e. The molecule has 2 aliphatic heterocycles. The zero-order valence-electron chi connectivity index (χ0n) is 11.1. The average Bonchev–Trinajstić information content (AvgIpc) is 2.99. The van der Waals surface area contributed by atoms with Crippen LogP contribution in [0.1, 0.15) is 24.5 Å². The maximum atomic E-state index is 13.6. The van der Waals surface area contributed by atoms with Gasteiger partial charge in [-0.1, -0.05) is 6.07 Å². The van der Waals surface area contributed by atoms with E-state index >= 15 is 0 Å². The first-order chi connectivity index (χ1) is 9.99. The third-order valence-electron chi connectivity index (χ3n) is 3.96. The van der Waals surface area contributed by atoms with Crippen LogP contribution in [0, 0.1) is 11.6 Å². The van der Waals surface area contributed by atoms with Gasteiger partial charge >= 0.3 is 6.03 Å². The van der Waals surface area contributed by atoms with Crippen LogP contribution in [0.25, 0.3) is 0 Å². The van der Waals surface area contributed by atoms with Crippen LogP contribution in [0.15, 0.2) is 18.2 Å². The van der Waals surface area contributed by atoms with Gasteiger partial charge in [-0.05, 0) is 18.9 Å². The summed E-state index contributed by atoms with van der Waals surface area (Å²) in [6.07, 6.45) is 0.0197. The van der Waals surface area contributed by atoms with Gasteiger partial charge in [-0.25, -0.2) is 13.6 Å². The van der Waals surface area contributed by atoms with Gasteiger partial charge in [-0.3, -0.25) is 9.69 Å². The standard InChI is InChI=1S/C14H14F2N2O3/c15-8-3-4-9(10(16)6-8)12(19)7-18-13(20)11-2-1-5-17(11)14(18)21/h3-4,6,11-12,19H,1-2,5,7H2/t11-,12+/m1/s1. The van der Waals surface area contributed by atoms with Crippen molar-refractivity contribution in [3.05, 3.63) is 35.4 Å². The number of aliphatic hydroxyl groups is 1. The monoisotopic (exact) mass is 296 g/mol. The number of carbonyl (C=O) groups is 2. The molecule has 2 heterocycles. The molecule has 21 heavy (non-hydrogen) atoms. The van der Waals surface area contributed by atoms with Crippen molar-refractivity contribution in [2.24, 2.45) is 0 Å². The second-order valence-electron chi connectivity index (χ2n) is 5.26. The number of aliphatic hydroxyl groups excluding tert-OH is 1. The van der Waals surface area contributed by atoms with E-state index in [2.05, 4.69) is 0 Å². The Balaban J connectivity index is 1.77. The first-order valence-electron chi connectivity index (χ1n) is 6.74. The number of hydrogen-bond donors (Lipinski definition) is 1. The van der Waals surface area contributed by atoms with Crippen LogP contribution >= 0.6 is 0 Å². The molecule has 1 aromatic carbocycles. The topological polar surface area (TPSA) is 60.9 Å². The number of β-amino-alcohol motifs (C(OH)–C–C–N with tert-alkyl or cyclic N) is 1. The summed E-state index contributed by atoms with van der Waals surface area (Å²) >= 11 is 0. The fraction of sp³-hybridized carbons (Fsp3) is 0.429. The quantitative estimate of drug-likeness (QED) is 0.858. The average molecular weight is 296 g/mol. The third-order valence-corrected chi connectivity index (χ3v) is 3.96. The number of hydrogen-bond acceptors (Lipinski definition) is 3. The molecule has 3 amide bonds. The van der Waals surface area contributed by atoms with E-state index in [0.717, 1.165) is 23.5 Å². The molecule has 5 nitrogen and oxygen atoms in total. The molecule has 2 fully saturated rings. The molecule has 0 saturated carbocycles. The Morgan fingerprint density at radius 3 is 2.76 bits per heavy atom. The summed E-state index contributed by atoms with van der Waals surface area (Å²) in [5.41, 5.74) is -0.135. The van der Waals surface area contributed by atoms with Gasteiger partial charge in [-0.2, -0.15) is 0 Å². The zero-order valence-corrected chi connectivity index (χ0v) is 11.1. The number of benzene rings is 1. The summed E-state index contributed by atoms with van der Waals surface area (Å²) < 4.78 is 26.4. The number of halogens is 2. The van der Waals surface area contributed by atoms with Crippen LogP contribution in [0.2, 0.25) is 0 Å². The molecule has 0 radical (unpaired) electrons. The van der Waals surface area contributed by atoms with Gasteiger partial charge in [0, 0.05) is 18.2 Å². The molecule has 0 aliphatic carbocycles. The zero-order chi connectivity index (χ0) is 15.1. The number of rotatable bonds is 3. The summed E-state index contributed by atoms with van der Waals surface area (Å²) in [7, 11) is 0. The lowest BCUT2D eigenvalue weighted by Crippen LogP contribution is -2.36. The molecule has 112 valence electrons. The van der Waals surface area contributed by atoms with Crippen LogP contribution in [0.3, 0.4) is 0 Å². The van der Waals surface area contributed by atoms with Crippen molar-refractivity contribution in [2.75, 3.05) is 13.1 Å². The summed E-state index contributed by atoms with van der Waals surface area (Å²) in [5.74, 6) is -2.02. The number of amides is 3. The lowest BCUT2D eigenvalue weighted by molar-refractivity contribution is -0.129. The van der Waals surface area contributed by atoms with E-state index in [9.17, 15) is 23.5 Å². The van der Waals surface area contributed by atoms with E-state index in [1.165, 1.54) is 4.90 Å². The van der Waals surface area contributed by atoms with Crippen LogP contribution in [-0.4, -0.2) is 46.0 Å². The maximum absolute atomic E-state index is 13.6. The molecule has 7 heteroatoms. The Labute approximate surface area is 119 Å². The number of carbonyl (C=O) groups excluding carboxylic acids is 2. The number of imide groups is 1. The van der Waals surface area contributed by atoms with E-state index in [-0.39, 0.29) is 18.0 Å². The van der Waals surface area contributed by atoms with Crippen molar-refractivity contribution in [3.63, 3.8) is 0 Å². The van der Waals surface area contributed by atoms with Gasteiger partial charge in [0.2, 0.25) is 0 Å². The minimum absolute atomic E-state index is 0.135. The molecular weight excluding hydrogens is 282 g/mol. The number of nitrogens with zero attached hydrogens (tertiary/aromatic N) is 2. The fourth-order valence-electron chi connectivity index (χ4n) is 2.89. The van der Waals surface area contributed by atoms with Crippen LogP contribution in [-0.2, 0) is 4.79 Å². The Bertz CT molecular complexity index is 586. The molecule has 2 atom stereocenters. The van der Waals surface area contributed by atoms with Gasteiger partial charge < -0.3 is 10.0 Å². The maximum Gasteiger partial charge on any atom is 0.327 e. The molecular formula is C14H14F2N2O3. The van der Waals surface area contributed by atoms with Crippen molar-refractivity contribution >= 4 is 11.9 Å². The molecule has 3 rings (SSSR count). The van der Waals surface area contributed by atoms with Crippen LogP contribution in [0.5, 0.6) is 0 Å². The van der Waals surface area contributed by atoms with Crippen LogP contribution in [0.4, 0.5) is 13.6 Å². The summed E-state index contributed by atoms with van der Waals surface area (Å²) in [5, 5.41) is 10.0. The lowest BCUT2D eigenvalue weighted by Gasteiger charge is -2.19. The highest BCUT2D eigenvalue weighted by molar-refractivity contribution is 6.04. The SMILES string of the molecule is O=C1[C@H]2CCCN2C(=O)N1C[C@H](O)c1ccc(F)cc1F. The Morgan fingerprint density at radius 2 is 2.10 bits per heavy atom. The highest BCUT2D eigenvalue weighted by Crippen LogP contribution is 2.29. The first-order valence-corrected chi connectivity index (χ1v) is 6.74. The third kappa shape index (κ3) is 2.27. The molecule has 2 saturated heterocycles. The van der Waals surface area contributed by atoms with Gasteiger partial charge in [0.1, 0.15) is 17.7 Å². The molecule has 0 bridgehead atoms. The minimum Gasteiger partial charge on any atom is -0.386 e. The van der Waals surface area contributed by atoms with Crippen molar-refractivity contribution < 1.29 is 23.5 Å². The Kier molecular flexibility index (Phi) is 3.36. The second-order valence-corrected chi connectivity index (χ2v) is 5.26. The van der Waals surface area contributed by atoms with Gasteiger partial charge in [0.15, 0.2) is 0 Å². The normalized spacial score (nSPS) is 22.9. The molecule has 2 aliphatic rings. The highest BCUT2D eigenvalue weighted by Gasteiger charge is 2.47. The van der Waals surface area contributed by atoms with Crippen molar-refractivity contribution in [2.45, 2.75) is 25.0 Å². The molecule has 1 N–H and O–H groups in total. The number of urea groups is 1. The van der Waals surface area contributed by atoms with Crippen molar-refractivity contribution in [1.82, 2.24) is 9.80 Å². The first kappa shape index (κ1) is 13.9. The Morgan fingerprint density at radius 1 is 1.33 bits per heavy atom. The van der Waals surface area contributed by atoms with Gasteiger partial charge in [-0.15, -0.1) is 0 Å². The van der Waals surface area contributed by atoms with Gasteiger partial charge in [0.05, 0.1) is 12.6 Å². The van der Waals surface area contributed by atoms with Gasteiger partial charge in [0.25, 0.3) is 5.91 Å². The minimum atomic E-state index is -1.38. The summed E-state index contributed by atoms with van der Waals surface area (Å²) in [6, 6.07) is 1.88. The van der Waals surface area contributed by atoms with Crippen molar-refractivity contribution in [3.8, 4) is 0 Å². The fourth-order valence-corrected chi connectivity index (χ4v) is 2.89. The summed E-state index contributed by atoms with van der Waals surface area (Å²) in [6.45, 7) is 0.194. The van der Waals surface area contributed by atoms with Crippen LogP contribution < -0.4 is 0 Å². The van der Waals surface area contributed by atoms with E-state index in [1.807, 2.05) is 0 Å². The van der Waals surface area contributed by atoms with E-state index in [4.69, 9.17) is 0 Å². The molecule has 0 aromatic heterocycles. The van der Waals surface area contributed by atoms with E-state index < -0.39 is 29.8 Å². The predicted molar refractivity (Wildman–Crippen MR) is 68.2 cm³/mol. The van der Waals surface area contributed by atoms with E-state index in [1.54, 1.807) is 0 Å². The summed E-state index contributed by atoms with van der Waals surface area (Å²) in [4.78, 5) is 26.6. The largest absolute Gasteiger partial charge is 0.386 e. The predicted octanol–water partition coefficient (Wildman–Crippen LogP) is 1.42. The molecule has 1 aromatic rings. The van der Waals surface area contributed by atoms with Crippen molar-refractivity contribution in [1.29, 1.82) is 0 Å².